The van der Waals surface area contributed by atoms with Crippen LogP contribution in [0.15, 0.2) is 268 Å². The highest BCUT2D eigenvalue weighted by molar-refractivity contribution is 5.95. The Morgan fingerprint density at radius 1 is 0.350 bits per heavy atom. The fourth-order valence-corrected chi connectivity index (χ4v) is 13.7. The number of imidazole rings is 4. The second-order valence-corrected chi connectivity index (χ2v) is 27.6. The summed E-state index contributed by atoms with van der Waals surface area (Å²) in [5.41, 5.74) is 19.5. The van der Waals surface area contributed by atoms with Crippen molar-refractivity contribution >= 4 is 90.2 Å². The number of pyridine rings is 4. The van der Waals surface area contributed by atoms with Gasteiger partial charge in [-0.15, -0.1) is 0 Å². The molecule has 12 aromatic heterocycles. The molecule has 8 aromatic carbocycles. The maximum atomic E-state index is 14.4. The van der Waals surface area contributed by atoms with Crippen molar-refractivity contribution in [2.75, 3.05) is 21.1 Å². The molecule has 0 saturated heterocycles. The minimum Gasteiger partial charge on any atom is -0.478 e. The lowest BCUT2D eigenvalue weighted by Crippen LogP contribution is -2.19. The largest absolute Gasteiger partial charge is 0.478 e. The zero-order chi connectivity index (χ0) is 85.2. The van der Waals surface area contributed by atoms with E-state index in [1.165, 1.54) is 75.9 Å². The van der Waals surface area contributed by atoms with E-state index >= 15 is 0 Å². The van der Waals surface area contributed by atoms with Crippen LogP contribution in [-0.2, 0) is 25.7 Å². The van der Waals surface area contributed by atoms with Crippen molar-refractivity contribution in [3.63, 3.8) is 0 Å². The lowest BCUT2D eigenvalue weighted by Gasteiger charge is -2.07. The molecule has 0 spiro atoms. The molecule has 0 fully saturated rings. The number of nitrogens with zero attached hydrogens (tertiary/aromatic N) is 21. The van der Waals surface area contributed by atoms with E-state index in [1.807, 2.05) is 97.1 Å². The van der Waals surface area contributed by atoms with Gasteiger partial charge in [0.25, 0.3) is 34.9 Å². The number of hydrogen-bond acceptors (Lipinski definition) is 20. The number of rotatable bonds is 15. The van der Waals surface area contributed by atoms with Crippen molar-refractivity contribution in [3.8, 4) is 45.0 Å². The lowest BCUT2D eigenvalue weighted by atomic mass is 10.1. The van der Waals surface area contributed by atoms with Crippen LogP contribution >= 0.6 is 0 Å². The molecule has 28 nitrogen and oxygen atoms in total. The minimum absolute atomic E-state index is 0.0168. The Kier molecular flexibility index (Phi) is 23.1. The Labute approximate surface area is 695 Å². The van der Waals surface area contributed by atoms with E-state index in [2.05, 4.69) is 126 Å². The van der Waals surface area contributed by atoms with Crippen molar-refractivity contribution in [1.82, 2.24) is 109 Å². The molecule has 0 aliphatic heterocycles. The molecule has 123 heavy (non-hydrogen) atoms. The van der Waals surface area contributed by atoms with Crippen LogP contribution in [-0.4, -0.2) is 142 Å². The zero-order valence-corrected chi connectivity index (χ0v) is 65.4. The maximum Gasteiger partial charge on any atom is 0.338 e. The summed E-state index contributed by atoms with van der Waals surface area (Å²) in [4.78, 5) is 89.6. The van der Waals surface area contributed by atoms with Crippen LogP contribution in [0.25, 0.3) is 117 Å². The van der Waals surface area contributed by atoms with Gasteiger partial charge in [0.05, 0.1) is 118 Å². The third-order valence-corrected chi connectivity index (χ3v) is 19.7. The summed E-state index contributed by atoms with van der Waals surface area (Å²) in [6.07, 6.45) is 22.6. The van der Waals surface area contributed by atoms with Gasteiger partial charge < -0.3 is 21.5 Å². The van der Waals surface area contributed by atoms with Crippen molar-refractivity contribution in [2.45, 2.75) is 25.7 Å². The number of nitrogens with one attached hydrogen (secondary N) is 2. The molecule has 602 valence electrons. The van der Waals surface area contributed by atoms with E-state index in [9.17, 15) is 31.9 Å². The molecule has 12 heterocycles. The Balaban J connectivity index is 0.000000121. The van der Waals surface area contributed by atoms with Crippen molar-refractivity contribution in [1.29, 1.82) is 0 Å². The first-order valence-corrected chi connectivity index (χ1v) is 38.0. The number of carboxylic acid groups (broad SMARTS) is 1. The molecule has 0 unspecified atom stereocenters. The van der Waals surface area contributed by atoms with Crippen LogP contribution in [0.5, 0.6) is 0 Å². The van der Waals surface area contributed by atoms with Gasteiger partial charge in [0.15, 0.2) is 0 Å². The number of aromatic nitrogens is 20. The fraction of sp³-hybridized carbons (Fsp3) is 0.0769. The van der Waals surface area contributed by atoms with Gasteiger partial charge >= 0.3 is 5.97 Å². The van der Waals surface area contributed by atoms with Crippen LogP contribution in [0.4, 0.5) is 23.2 Å². The molecule has 0 radical (unpaired) electrons. The highest BCUT2D eigenvalue weighted by atomic mass is 19.1. The average Bonchev–Trinajstić information content (AvgIpc) is 1.67. The molecule has 5 N–H and O–H groups in total. The zero-order valence-electron chi connectivity index (χ0n) is 65.4. The van der Waals surface area contributed by atoms with Gasteiger partial charge in [-0.25, -0.2) is 85.1 Å². The molecule has 0 atom stereocenters. The first-order valence-electron chi connectivity index (χ1n) is 38.0. The molecule has 20 aromatic rings. The normalized spacial score (nSPS) is 11.0. The van der Waals surface area contributed by atoms with Crippen LogP contribution in [0.2, 0.25) is 0 Å². The molecular formula is C91H66F4N24O4. The van der Waals surface area contributed by atoms with Crippen molar-refractivity contribution in [2.24, 2.45) is 5.73 Å². The third kappa shape index (κ3) is 17.5. The number of benzene rings is 8. The summed E-state index contributed by atoms with van der Waals surface area (Å²) in [6, 6.07) is 57.1. The molecule has 32 heteroatoms. The van der Waals surface area contributed by atoms with Gasteiger partial charge in [0.2, 0.25) is 5.69 Å². The number of carboxylic acids is 1. The van der Waals surface area contributed by atoms with E-state index < -0.39 is 41.1 Å². The van der Waals surface area contributed by atoms with Crippen LogP contribution in [0.1, 0.15) is 76.1 Å². The number of hydrogen-bond donors (Lipinski definition) is 4. The highest BCUT2D eigenvalue weighted by Crippen LogP contribution is 2.30. The van der Waals surface area contributed by atoms with E-state index in [1.54, 1.807) is 104 Å². The summed E-state index contributed by atoms with van der Waals surface area (Å²) in [7, 11) is 4.42. The third-order valence-electron chi connectivity index (χ3n) is 19.7. The molecule has 0 saturated carbocycles. The smallest absolute Gasteiger partial charge is 0.338 e. The van der Waals surface area contributed by atoms with Gasteiger partial charge in [0.1, 0.15) is 46.0 Å². The van der Waals surface area contributed by atoms with Gasteiger partial charge in [-0.1, -0.05) is 78.9 Å². The molecule has 2 amide bonds. The monoisotopic (exact) mass is 1630 g/mol. The summed E-state index contributed by atoms with van der Waals surface area (Å²) in [5.74, 6) is -3.07. The number of nitrogens with two attached hydrogens (primary N) is 1. The number of amides is 2. The Morgan fingerprint density at radius 2 is 0.618 bits per heavy atom. The predicted molar refractivity (Wildman–Crippen MR) is 453 cm³/mol. The standard InChI is InChI=1S/2C23H17FN6O.C22H13FN6.C22H14FN5O2.CH5N/c2*1-25-22(31)18-6-5-16(11-19(18)24)21-13-28-23-27-12-17(30(23)29-21)10-14-4-7-20-15(9-14)3-2-8-26-20;1-24-20-7-5-16(11-18(20)23)21-13-27-22-26-12-17(29(22)28-21)10-14-4-6-19-15(9-14)3-2-8-25-19;23-18-10-15(4-5-17(18)21(29)30)20-12-26-22-25-11-16(28(22)27-20)9-13-3-6-19-14(8-13)2-1-7-24-19;1-2/h2*2-9,11-13H,10H2,1H3,(H,25,31);2-9,11-13H,10H2;1-8,10-12H,9H2,(H,29,30);2H2,1H3. The summed E-state index contributed by atoms with van der Waals surface area (Å²) in [6.45, 7) is 6.97. The lowest BCUT2D eigenvalue weighted by molar-refractivity contribution is 0.0691. The Bertz CT molecular complexity index is 7280. The van der Waals surface area contributed by atoms with Gasteiger partial charge in [-0.05, 0) is 145 Å². The fourth-order valence-electron chi connectivity index (χ4n) is 13.7. The first kappa shape index (κ1) is 80.0. The summed E-state index contributed by atoms with van der Waals surface area (Å²) in [5, 5.41) is 36.4. The van der Waals surface area contributed by atoms with Crippen molar-refractivity contribution < 1.29 is 37.1 Å². The second kappa shape index (κ2) is 35.6. The topological polar surface area (TPSA) is 350 Å². The van der Waals surface area contributed by atoms with Gasteiger partial charge in [-0.2, -0.15) is 20.4 Å². The van der Waals surface area contributed by atoms with E-state index in [0.29, 0.717) is 93.8 Å². The molecule has 0 aliphatic rings. The van der Waals surface area contributed by atoms with Crippen LogP contribution < -0.4 is 16.4 Å². The number of aromatic carboxylic acids is 1. The molecular weight excluding hydrogens is 1570 g/mol. The number of carbonyl (C=O) groups is 3. The second-order valence-electron chi connectivity index (χ2n) is 27.6. The minimum atomic E-state index is -1.32. The first-order chi connectivity index (χ1) is 60.0. The number of carbonyl (C=O) groups excluding carboxylic acids is 2. The predicted octanol–water partition coefficient (Wildman–Crippen LogP) is 14.8. The highest BCUT2D eigenvalue weighted by Gasteiger charge is 2.20. The summed E-state index contributed by atoms with van der Waals surface area (Å²) >= 11 is 0. The van der Waals surface area contributed by atoms with Gasteiger partial charge in [-0.3, -0.25) is 29.5 Å². The molecule has 20 rings (SSSR count). The van der Waals surface area contributed by atoms with Gasteiger partial charge in [0, 0.05) is 108 Å². The van der Waals surface area contributed by atoms with E-state index in [-0.39, 0.29) is 22.4 Å². The Hall–Kier alpha value is -16.8. The van der Waals surface area contributed by atoms with E-state index in [4.69, 9.17) is 11.7 Å². The summed E-state index contributed by atoms with van der Waals surface area (Å²) < 4.78 is 63.5. The van der Waals surface area contributed by atoms with E-state index in [0.717, 1.165) is 94.7 Å². The number of fused-ring (bicyclic) bond motifs is 8. The number of halogens is 4. The van der Waals surface area contributed by atoms with Crippen LogP contribution in [0.3, 0.4) is 0 Å². The Morgan fingerprint density at radius 3 is 0.878 bits per heavy atom. The SMILES string of the molecule is CN.CNC(=O)c1ccc(-c2cnc3ncc(Cc4ccc5ncccc5c4)n3n2)cc1F.CNC(=O)c1ccc(-c2cnc3ncc(Cc4ccc5ncccc5c4)n3n2)cc1F.O=C(O)c1ccc(-c2cnc3ncc(Cc4ccc5ncccc5c4)n3n2)cc1F.[C-]#[N+]c1ccc(-c2cnc3ncc(Cc4ccc5ncccc5c4)n3n2)cc1F. The average molecular weight is 1640 g/mol. The quantitative estimate of drug-likeness (QED) is 0.0547. The van der Waals surface area contributed by atoms with Crippen molar-refractivity contribution in [3.05, 3.63) is 365 Å². The maximum absolute atomic E-state index is 14.4. The molecule has 0 aliphatic carbocycles. The van der Waals surface area contributed by atoms with Crippen LogP contribution in [0, 0.1) is 29.8 Å². The molecule has 0 bridgehead atoms.